The van der Waals surface area contributed by atoms with E-state index >= 15 is 0 Å². The van der Waals surface area contributed by atoms with Crippen molar-refractivity contribution < 1.29 is 4.39 Å². The molecule has 0 bridgehead atoms. The van der Waals surface area contributed by atoms with Gasteiger partial charge in [0.05, 0.1) is 8.07 Å². The molecule has 5 fully saturated rings. The minimum Gasteiger partial charge on any atom is -0.264 e. The van der Waals surface area contributed by atoms with Gasteiger partial charge in [-0.2, -0.15) is 0 Å². The van der Waals surface area contributed by atoms with Crippen LogP contribution in [0.15, 0.2) is 24.3 Å². The van der Waals surface area contributed by atoms with Crippen LogP contribution in [0.1, 0.15) is 146 Å². The summed E-state index contributed by atoms with van der Waals surface area (Å²) in [4.78, 5) is 0. The topological polar surface area (TPSA) is 6.48 Å². The molecule has 0 saturated heterocycles. The standard InChI is InChI=1S/C36H60FN2PSi/c1-41(2,3)36(28-35(36)29-24-26-30(37)27-25-29)40(38(31-16-8-4-9-17-31)32-18-10-5-11-19-32)39(33-20-12-6-13-21-33)34-22-14-7-15-23-34/h24-27,31-35H,4-23,28H2,1-3H3/t35-,36+/m0/s1. The Bertz CT molecular complexity index is 881. The van der Waals surface area contributed by atoms with Crippen molar-refractivity contribution in [1.82, 2.24) is 9.34 Å². The third-order valence-corrected chi connectivity index (χ3v) is 21.2. The van der Waals surface area contributed by atoms with Crippen LogP contribution in [-0.4, -0.2) is 46.4 Å². The Morgan fingerprint density at radius 2 is 0.927 bits per heavy atom. The van der Waals surface area contributed by atoms with E-state index in [2.05, 4.69) is 41.1 Å². The van der Waals surface area contributed by atoms with Crippen LogP contribution in [0.25, 0.3) is 0 Å². The van der Waals surface area contributed by atoms with E-state index < -0.39 is 16.3 Å². The molecule has 5 aliphatic rings. The molecule has 5 aliphatic carbocycles. The van der Waals surface area contributed by atoms with Crippen LogP contribution in [0.4, 0.5) is 4.39 Å². The van der Waals surface area contributed by atoms with Gasteiger partial charge in [0.1, 0.15) is 5.82 Å². The number of nitrogens with zero attached hydrogens (tertiary/aromatic N) is 2. The summed E-state index contributed by atoms with van der Waals surface area (Å²) in [5.74, 6) is 0.539. The highest BCUT2D eigenvalue weighted by Gasteiger charge is 2.70. The van der Waals surface area contributed by atoms with Gasteiger partial charge in [-0.15, -0.1) is 0 Å². The SMILES string of the molecule is C[Si](C)(C)[C@]1(P(N(C2CCCCC2)C2CCCCC2)N(C2CCCCC2)C2CCCCC2)C[C@H]1c1ccc(F)cc1. The van der Waals surface area contributed by atoms with Crippen molar-refractivity contribution in [2.24, 2.45) is 0 Å². The molecule has 0 unspecified atom stereocenters. The minimum atomic E-state index is -1.62. The zero-order valence-electron chi connectivity index (χ0n) is 26.8. The van der Waals surface area contributed by atoms with E-state index in [4.69, 9.17) is 0 Å². The molecule has 2 atom stereocenters. The van der Waals surface area contributed by atoms with Crippen molar-refractivity contribution in [3.05, 3.63) is 35.6 Å². The normalized spacial score (nSPS) is 30.0. The molecule has 0 aromatic heterocycles. The zero-order chi connectivity index (χ0) is 28.5. The van der Waals surface area contributed by atoms with E-state index in [1.165, 1.54) is 140 Å². The van der Waals surface area contributed by atoms with E-state index in [0.717, 1.165) is 24.2 Å². The van der Waals surface area contributed by atoms with Crippen LogP contribution in [0.5, 0.6) is 0 Å². The van der Waals surface area contributed by atoms with Gasteiger partial charge < -0.3 is 0 Å². The number of rotatable bonds is 9. The lowest BCUT2D eigenvalue weighted by molar-refractivity contribution is 0.130. The molecule has 0 amide bonds. The first kappa shape index (κ1) is 30.7. The van der Waals surface area contributed by atoms with Crippen LogP contribution in [-0.2, 0) is 0 Å². The van der Waals surface area contributed by atoms with Crippen molar-refractivity contribution in [2.45, 2.75) is 189 Å². The molecule has 1 aromatic carbocycles. The van der Waals surface area contributed by atoms with Gasteiger partial charge >= 0.3 is 0 Å². The van der Waals surface area contributed by atoms with Gasteiger partial charge in [-0.3, -0.25) is 9.34 Å². The summed E-state index contributed by atoms with van der Waals surface area (Å²) in [5.41, 5.74) is 1.45. The first-order chi connectivity index (χ1) is 19.9. The predicted molar refractivity (Wildman–Crippen MR) is 178 cm³/mol. The monoisotopic (exact) mass is 598 g/mol. The second kappa shape index (κ2) is 13.4. The van der Waals surface area contributed by atoms with E-state index in [-0.39, 0.29) is 5.82 Å². The quantitative estimate of drug-likeness (QED) is 0.206. The zero-order valence-corrected chi connectivity index (χ0v) is 28.7. The molecule has 0 radical (unpaired) electrons. The van der Waals surface area contributed by atoms with Crippen LogP contribution >= 0.6 is 8.22 Å². The van der Waals surface area contributed by atoms with Crippen molar-refractivity contribution in [3.63, 3.8) is 0 Å². The Hall–Kier alpha value is -0.283. The average Bonchev–Trinajstić information content (AvgIpc) is 3.77. The summed E-state index contributed by atoms with van der Waals surface area (Å²) >= 11 is 0. The van der Waals surface area contributed by atoms with Gasteiger partial charge in [-0.05, 0) is 81.4 Å². The molecule has 0 spiro atoms. The summed E-state index contributed by atoms with van der Waals surface area (Å²) in [7, 11) is -2.06. The summed E-state index contributed by atoms with van der Waals surface area (Å²) in [6.07, 6.45) is 30.1. The Kier molecular flexibility index (Phi) is 10.0. The second-order valence-corrected chi connectivity index (χ2v) is 23.8. The van der Waals surface area contributed by atoms with Crippen LogP contribution in [0.3, 0.4) is 0 Å². The maximum absolute atomic E-state index is 14.2. The fourth-order valence-corrected chi connectivity index (χ4v) is 18.9. The molecule has 230 valence electrons. The highest BCUT2D eigenvalue weighted by atomic mass is 31.1. The highest BCUT2D eigenvalue weighted by Crippen LogP contribution is 2.79. The molecule has 0 heterocycles. The summed E-state index contributed by atoms with van der Waals surface area (Å²) < 4.78 is 21.3. The Labute approximate surface area is 254 Å². The van der Waals surface area contributed by atoms with Gasteiger partial charge in [-0.25, -0.2) is 4.39 Å². The first-order valence-electron chi connectivity index (χ1n) is 18.0. The molecule has 6 rings (SSSR count). The van der Waals surface area contributed by atoms with E-state index in [0.29, 0.717) is 10.7 Å². The largest absolute Gasteiger partial charge is 0.264 e. The Morgan fingerprint density at radius 3 is 1.24 bits per heavy atom. The van der Waals surface area contributed by atoms with Crippen molar-refractivity contribution in [3.8, 4) is 0 Å². The minimum absolute atomic E-state index is 0.0765. The average molecular weight is 599 g/mol. The molecule has 0 aliphatic heterocycles. The lowest BCUT2D eigenvalue weighted by atomic mass is 9.90. The Balaban J connectivity index is 1.50. The summed E-state index contributed by atoms with van der Waals surface area (Å²) in [6, 6.07) is 11.0. The van der Waals surface area contributed by atoms with Crippen LogP contribution < -0.4 is 0 Å². The lowest BCUT2D eigenvalue weighted by Crippen LogP contribution is -2.57. The number of halogens is 1. The predicted octanol–water partition coefficient (Wildman–Crippen LogP) is 11.2. The number of benzene rings is 1. The molecule has 41 heavy (non-hydrogen) atoms. The third-order valence-electron chi connectivity index (χ3n) is 12.1. The van der Waals surface area contributed by atoms with Gasteiger partial charge in [-0.1, -0.05) is 109 Å². The molecular formula is C36H60FN2PSi. The highest BCUT2D eigenvalue weighted by molar-refractivity contribution is 7.58. The van der Waals surface area contributed by atoms with Gasteiger partial charge in [0.25, 0.3) is 0 Å². The maximum atomic E-state index is 14.2. The lowest BCUT2D eigenvalue weighted by Gasteiger charge is -2.59. The Morgan fingerprint density at radius 1 is 0.585 bits per heavy atom. The van der Waals surface area contributed by atoms with Crippen LogP contribution in [0, 0.1) is 5.82 Å². The fourth-order valence-electron chi connectivity index (χ4n) is 9.82. The smallest absolute Gasteiger partial charge is 0.123 e. The first-order valence-corrected chi connectivity index (χ1v) is 22.8. The second-order valence-electron chi connectivity index (χ2n) is 15.7. The molecule has 5 heteroatoms. The third kappa shape index (κ3) is 6.43. The molecule has 1 aromatic rings. The van der Waals surface area contributed by atoms with Gasteiger partial charge in [0, 0.05) is 37.2 Å². The van der Waals surface area contributed by atoms with Gasteiger partial charge in [0.15, 0.2) is 0 Å². The molecular weight excluding hydrogens is 538 g/mol. The van der Waals surface area contributed by atoms with E-state index in [9.17, 15) is 4.39 Å². The van der Waals surface area contributed by atoms with Crippen molar-refractivity contribution in [2.75, 3.05) is 0 Å². The van der Waals surface area contributed by atoms with Crippen molar-refractivity contribution >= 4 is 16.3 Å². The molecule has 2 nitrogen and oxygen atoms in total. The summed E-state index contributed by atoms with van der Waals surface area (Å²) in [6.45, 7) is 8.18. The number of hydrogen-bond acceptors (Lipinski definition) is 2. The van der Waals surface area contributed by atoms with Crippen LogP contribution in [0.2, 0.25) is 19.6 Å². The molecule has 0 N–H and O–H groups in total. The number of hydrogen-bond donors (Lipinski definition) is 0. The maximum Gasteiger partial charge on any atom is 0.123 e. The van der Waals surface area contributed by atoms with E-state index in [1.54, 1.807) is 12.1 Å². The van der Waals surface area contributed by atoms with Gasteiger partial charge in [0.2, 0.25) is 0 Å². The van der Waals surface area contributed by atoms with E-state index in [1.807, 2.05) is 0 Å². The fraction of sp³-hybridized carbons (Fsp3) is 0.833. The van der Waals surface area contributed by atoms with Crippen molar-refractivity contribution in [1.29, 1.82) is 0 Å². The molecule has 5 saturated carbocycles. The summed E-state index contributed by atoms with van der Waals surface area (Å²) in [5, 5.41) is 0.